The lowest BCUT2D eigenvalue weighted by atomic mass is 10.1. The van der Waals surface area contributed by atoms with Crippen molar-refractivity contribution >= 4 is 16.0 Å². The van der Waals surface area contributed by atoms with E-state index < -0.39 is 10.0 Å². The molecule has 0 rings (SSSR count). The zero-order chi connectivity index (χ0) is 16.8. The Balaban J connectivity index is 3.90. The maximum atomic E-state index is 11.3. The first kappa shape index (κ1) is 21.2. The van der Waals surface area contributed by atoms with Gasteiger partial charge in [0, 0.05) is 26.2 Å². The van der Waals surface area contributed by atoms with Crippen molar-refractivity contribution in [3.8, 4) is 0 Å². The van der Waals surface area contributed by atoms with Crippen LogP contribution >= 0.6 is 0 Å². The first-order valence-corrected chi connectivity index (χ1v) is 10.1. The second kappa shape index (κ2) is 12.7. The quantitative estimate of drug-likeness (QED) is 0.288. The summed E-state index contributed by atoms with van der Waals surface area (Å²) in [5.41, 5.74) is 0. The van der Waals surface area contributed by atoms with Crippen LogP contribution in [-0.4, -0.2) is 46.3 Å². The first-order chi connectivity index (χ1) is 10.4. The fourth-order valence-corrected chi connectivity index (χ4v) is 2.49. The summed E-state index contributed by atoms with van der Waals surface area (Å²) in [5.74, 6) is 1.69. The number of guanidine groups is 1. The lowest BCUT2D eigenvalue weighted by Gasteiger charge is -2.11. The van der Waals surface area contributed by atoms with E-state index in [9.17, 15) is 8.42 Å². The molecule has 0 aromatic rings. The molecule has 0 heterocycles. The number of nitrogens with zero attached hydrogens (tertiary/aromatic N) is 1. The van der Waals surface area contributed by atoms with Crippen LogP contribution in [0.15, 0.2) is 4.99 Å². The largest absolute Gasteiger partial charge is 0.357 e. The van der Waals surface area contributed by atoms with Gasteiger partial charge in [-0.1, -0.05) is 26.7 Å². The maximum absolute atomic E-state index is 11.3. The van der Waals surface area contributed by atoms with Gasteiger partial charge in [0.25, 0.3) is 0 Å². The third-order valence-corrected chi connectivity index (χ3v) is 4.56. The molecule has 0 aliphatic carbocycles. The molecule has 0 saturated heterocycles. The number of nitrogens with one attached hydrogen (secondary N) is 3. The van der Waals surface area contributed by atoms with Gasteiger partial charge in [-0.2, -0.15) is 0 Å². The molecule has 0 atom stereocenters. The normalized spacial score (nSPS) is 12.7. The van der Waals surface area contributed by atoms with Crippen molar-refractivity contribution in [1.82, 2.24) is 15.4 Å². The van der Waals surface area contributed by atoms with Gasteiger partial charge in [-0.25, -0.2) is 13.1 Å². The van der Waals surface area contributed by atoms with E-state index in [1.807, 2.05) is 6.92 Å². The fraction of sp³-hybridized carbons (Fsp3) is 0.933. The van der Waals surface area contributed by atoms with E-state index in [2.05, 4.69) is 34.2 Å². The standard InChI is InChI=1S/C15H34N4O2S/c1-5-16-15(17-11-8-7-10-14(3)4)18-12-9-13-19-22(20,21)6-2/h14,19H,5-13H2,1-4H3,(H2,16,17,18). The molecule has 0 aromatic heterocycles. The number of aliphatic imine (C=N–C) groups is 1. The molecule has 0 unspecified atom stereocenters. The van der Waals surface area contributed by atoms with Gasteiger partial charge in [0.1, 0.15) is 0 Å². The van der Waals surface area contributed by atoms with Gasteiger partial charge in [-0.05, 0) is 32.6 Å². The highest BCUT2D eigenvalue weighted by Crippen LogP contribution is 2.04. The van der Waals surface area contributed by atoms with Crippen LogP contribution in [0.5, 0.6) is 0 Å². The molecule has 0 bridgehead atoms. The maximum Gasteiger partial charge on any atom is 0.211 e. The van der Waals surface area contributed by atoms with Gasteiger partial charge in [0.15, 0.2) is 5.96 Å². The third kappa shape index (κ3) is 12.9. The van der Waals surface area contributed by atoms with E-state index in [1.54, 1.807) is 6.92 Å². The molecule has 0 saturated carbocycles. The average molecular weight is 335 g/mol. The molecule has 0 aliphatic rings. The van der Waals surface area contributed by atoms with Crippen LogP contribution in [0.25, 0.3) is 0 Å². The minimum absolute atomic E-state index is 0.122. The van der Waals surface area contributed by atoms with Crippen LogP contribution < -0.4 is 15.4 Å². The van der Waals surface area contributed by atoms with Crippen LogP contribution in [0.2, 0.25) is 0 Å². The lowest BCUT2D eigenvalue weighted by molar-refractivity contribution is 0.534. The Morgan fingerprint density at radius 3 is 2.36 bits per heavy atom. The van der Waals surface area contributed by atoms with Crippen LogP contribution in [0.3, 0.4) is 0 Å². The fourth-order valence-electron chi connectivity index (χ4n) is 1.83. The van der Waals surface area contributed by atoms with Gasteiger partial charge < -0.3 is 10.6 Å². The molecule has 3 N–H and O–H groups in total. The van der Waals surface area contributed by atoms with E-state index >= 15 is 0 Å². The molecule has 0 radical (unpaired) electrons. The van der Waals surface area contributed by atoms with E-state index in [0.717, 1.165) is 31.4 Å². The molecule has 0 aromatic carbocycles. The molecular weight excluding hydrogens is 300 g/mol. The summed E-state index contributed by atoms with van der Waals surface area (Å²) < 4.78 is 25.1. The summed E-state index contributed by atoms with van der Waals surface area (Å²) in [6, 6.07) is 0. The van der Waals surface area contributed by atoms with E-state index in [4.69, 9.17) is 0 Å². The second-order valence-corrected chi connectivity index (χ2v) is 7.82. The molecule has 0 fully saturated rings. The Bertz CT molecular complexity index is 394. The third-order valence-electron chi connectivity index (χ3n) is 3.15. The topological polar surface area (TPSA) is 82.6 Å². The average Bonchev–Trinajstić information content (AvgIpc) is 2.46. The molecule has 0 amide bonds. The summed E-state index contributed by atoms with van der Waals surface area (Å²) >= 11 is 0. The molecule has 0 spiro atoms. The predicted octanol–water partition coefficient (Wildman–Crippen LogP) is 1.70. The summed E-state index contributed by atoms with van der Waals surface area (Å²) in [6.07, 6.45) is 4.32. The lowest BCUT2D eigenvalue weighted by Crippen LogP contribution is -2.38. The highest BCUT2D eigenvalue weighted by atomic mass is 32.2. The van der Waals surface area contributed by atoms with Gasteiger partial charge >= 0.3 is 0 Å². The minimum atomic E-state index is -3.09. The van der Waals surface area contributed by atoms with Crippen molar-refractivity contribution in [2.24, 2.45) is 10.9 Å². The number of rotatable bonds is 12. The first-order valence-electron chi connectivity index (χ1n) is 8.40. The Morgan fingerprint density at radius 2 is 1.77 bits per heavy atom. The summed E-state index contributed by atoms with van der Waals surface area (Å²) in [7, 11) is -3.09. The Labute approximate surface area is 136 Å². The summed E-state index contributed by atoms with van der Waals surface area (Å²) in [6.45, 7) is 10.9. The molecule has 7 heteroatoms. The van der Waals surface area contributed by atoms with Crippen molar-refractivity contribution in [3.63, 3.8) is 0 Å². The van der Waals surface area contributed by atoms with E-state index in [1.165, 1.54) is 12.8 Å². The zero-order valence-corrected chi connectivity index (χ0v) is 15.4. The highest BCUT2D eigenvalue weighted by molar-refractivity contribution is 7.89. The molecular formula is C15H34N4O2S. The number of hydrogen-bond donors (Lipinski definition) is 3. The van der Waals surface area contributed by atoms with Gasteiger partial charge in [-0.3, -0.25) is 4.99 Å². The highest BCUT2D eigenvalue weighted by Gasteiger charge is 2.04. The van der Waals surface area contributed by atoms with Crippen LogP contribution in [0, 0.1) is 5.92 Å². The van der Waals surface area contributed by atoms with Crippen molar-refractivity contribution in [2.75, 3.05) is 31.9 Å². The number of unbranched alkanes of at least 4 members (excludes halogenated alkanes) is 1. The van der Waals surface area contributed by atoms with Crippen molar-refractivity contribution < 1.29 is 8.42 Å². The zero-order valence-electron chi connectivity index (χ0n) is 14.6. The Kier molecular flexibility index (Phi) is 12.2. The van der Waals surface area contributed by atoms with Crippen molar-refractivity contribution in [3.05, 3.63) is 0 Å². The van der Waals surface area contributed by atoms with E-state index in [-0.39, 0.29) is 5.75 Å². The Hall–Kier alpha value is -0.820. The second-order valence-electron chi connectivity index (χ2n) is 5.73. The van der Waals surface area contributed by atoms with Gasteiger partial charge in [0.2, 0.25) is 10.0 Å². The van der Waals surface area contributed by atoms with Crippen molar-refractivity contribution in [2.45, 2.75) is 53.4 Å². The van der Waals surface area contributed by atoms with E-state index in [0.29, 0.717) is 19.5 Å². The molecule has 0 aliphatic heterocycles. The summed E-state index contributed by atoms with van der Waals surface area (Å²) in [5, 5.41) is 6.51. The molecule has 132 valence electrons. The van der Waals surface area contributed by atoms with Crippen molar-refractivity contribution in [1.29, 1.82) is 0 Å². The predicted molar refractivity (Wildman–Crippen MR) is 94.8 cm³/mol. The van der Waals surface area contributed by atoms with Crippen LogP contribution in [-0.2, 0) is 10.0 Å². The number of sulfonamides is 1. The molecule has 6 nitrogen and oxygen atoms in total. The summed E-state index contributed by atoms with van der Waals surface area (Å²) in [4.78, 5) is 4.45. The minimum Gasteiger partial charge on any atom is -0.357 e. The van der Waals surface area contributed by atoms with Gasteiger partial charge in [0.05, 0.1) is 5.75 Å². The monoisotopic (exact) mass is 334 g/mol. The Morgan fingerprint density at radius 1 is 1.05 bits per heavy atom. The number of hydrogen-bond acceptors (Lipinski definition) is 3. The SMILES string of the molecule is CCNC(=NCCCNS(=O)(=O)CC)NCCCCC(C)C. The van der Waals surface area contributed by atoms with Crippen LogP contribution in [0.4, 0.5) is 0 Å². The smallest absolute Gasteiger partial charge is 0.211 e. The van der Waals surface area contributed by atoms with Gasteiger partial charge in [-0.15, -0.1) is 0 Å². The molecule has 22 heavy (non-hydrogen) atoms. The van der Waals surface area contributed by atoms with Crippen LogP contribution in [0.1, 0.15) is 53.4 Å².